The van der Waals surface area contributed by atoms with E-state index in [1.54, 1.807) is 37.2 Å². The highest BCUT2D eigenvalue weighted by molar-refractivity contribution is 9.10. The monoisotopic (exact) mass is 492 g/mol. The fourth-order valence-corrected chi connectivity index (χ4v) is 3.56. The van der Waals surface area contributed by atoms with E-state index in [-0.39, 0.29) is 6.61 Å². The maximum Gasteiger partial charge on any atom is 0.272 e. The molecule has 5 aromatic rings. The third kappa shape index (κ3) is 3.69. The maximum absolute atomic E-state index is 6.07. The second kappa shape index (κ2) is 8.39. The van der Waals surface area contributed by atoms with Gasteiger partial charge >= 0.3 is 0 Å². The summed E-state index contributed by atoms with van der Waals surface area (Å²) in [5, 5.41) is 13.7. The summed E-state index contributed by atoms with van der Waals surface area (Å²) in [5.41, 5.74) is 2.37. The molecule has 0 fully saturated rings. The van der Waals surface area contributed by atoms with Crippen molar-refractivity contribution in [3.05, 3.63) is 65.2 Å². The van der Waals surface area contributed by atoms with Crippen LogP contribution >= 0.6 is 15.9 Å². The van der Waals surface area contributed by atoms with Crippen LogP contribution in [0.3, 0.4) is 0 Å². The number of hydrogen-bond donors (Lipinski definition) is 0. The first-order chi connectivity index (χ1) is 15.7. The third-order valence-electron chi connectivity index (χ3n) is 4.90. The minimum absolute atomic E-state index is 0.146. The van der Waals surface area contributed by atoms with Gasteiger partial charge < -0.3 is 14.2 Å². The number of aromatic nitrogens is 6. The molecule has 0 aliphatic heterocycles. The lowest BCUT2D eigenvalue weighted by Crippen LogP contribution is -2.06. The van der Waals surface area contributed by atoms with Crippen molar-refractivity contribution in [1.29, 1.82) is 0 Å². The Balaban J connectivity index is 1.47. The van der Waals surface area contributed by atoms with E-state index in [0.717, 1.165) is 20.9 Å². The van der Waals surface area contributed by atoms with E-state index in [1.165, 1.54) is 0 Å². The van der Waals surface area contributed by atoms with Crippen molar-refractivity contribution in [2.24, 2.45) is 0 Å². The Morgan fingerprint density at radius 3 is 2.47 bits per heavy atom. The highest BCUT2D eigenvalue weighted by atomic mass is 79.9. The number of nitrogens with zero attached hydrogens (tertiary/aromatic N) is 6. The van der Waals surface area contributed by atoms with Crippen molar-refractivity contribution in [2.75, 3.05) is 14.2 Å². The second-order valence-electron chi connectivity index (χ2n) is 6.80. The van der Waals surface area contributed by atoms with Crippen LogP contribution in [-0.2, 0) is 6.61 Å². The molecule has 160 valence electrons. The summed E-state index contributed by atoms with van der Waals surface area (Å²) in [6, 6.07) is 13.3. The lowest BCUT2D eigenvalue weighted by Gasteiger charge is -2.12. The van der Waals surface area contributed by atoms with Crippen molar-refractivity contribution in [3.8, 4) is 28.5 Å². The Hall–Kier alpha value is -3.79. The Labute approximate surface area is 191 Å². The molecule has 3 heterocycles. The van der Waals surface area contributed by atoms with Crippen LogP contribution in [0.4, 0.5) is 0 Å². The predicted octanol–water partition coefficient (Wildman–Crippen LogP) is 4.09. The molecule has 5 rings (SSSR count). The van der Waals surface area contributed by atoms with E-state index in [4.69, 9.17) is 14.2 Å². The van der Waals surface area contributed by atoms with E-state index in [0.29, 0.717) is 34.5 Å². The van der Waals surface area contributed by atoms with Gasteiger partial charge in [-0.2, -0.15) is 9.61 Å². The average Bonchev–Trinajstić information content (AvgIpc) is 3.24. The molecule has 3 aromatic heterocycles. The number of fused-ring (bicyclic) bond motifs is 2. The molecule has 0 saturated carbocycles. The average molecular weight is 493 g/mol. The summed E-state index contributed by atoms with van der Waals surface area (Å²) in [7, 11) is 3.18. The fraction of sp³-hybridized carbons (Fsp3) is 0.136. The molecule has 0 radical (unpaired) electrons. The molecule has 0 unspecified atom stereocenters. The smallest absolute Gasteiger partial charge is 0.272 e. The van der Waals surface area contributed by atoms with Gasteiger partial charge in [0.2, 0.25) is 0 Å². The Kier molecular flexibility index (Phi) is 5.28. The van der Waals surface area contributed by atoms with Gasteiger partial charge in [-0.05, 0) is 24.3 Å². The van der Waals surface area contributed by atoms with Gasteiger partial charge in [0.15, 0.2) is 17.3 Å². The molecule has 0 N–H and O–H groups in total. The number of rotatable bonds is 6. The molecule has 9 nitrogen and oxygen atoms in total. The van der Waals surface area contributed by atoms with Crippen molar-refractivity contribution >= 4 is 32.6 Å². The van der Waals surface area contributed by atoms with Crippen molar-refractivity contribution < 1.29 is 14.2 Å². The molecule has 0 saturated heterocycles. The van der Waals surface area contributed by atoms with Gasteiger partial charge in [0, 0.05) is 27.7 Å². The highest BCUT2D eigenvalue weighted by Gasteiger charge is 2.14. The summed E-state index contributed by atoms with van der Waals surface area (Å²) in [6.45, 7) is 0.146. The van der Waals surface area contributed by atoms with Crippen LogP contribution in [-0.4, -0.2) is 44.0 Å². The second-order valence-corrected chi connectivity index (χ2v) is 7.72. The van der Waals surface area contributed by atoms with Gasteiger partial charge in [-0.25, -0.2) is 4.98 Å². The van der Waals surface area contributed by atoms with Gasteiger partial charge in [-0.1, -0.05) is 28.1 Å². The molecule has 2 aromatic carbocycles. The first kappa shape index (κ1) is 20.1. The van der Waals surface area contributed by atoms with Gasteiger partial charge in [0.05, 0.1) is 25.9 Å². The maximum atomic E-state index is 6.07. The van der Waals surface area contributed by atoms with Crippen LogP contribution in [0.25, 0.3) is 27.9 Å². The van der Waals surface area contributed by atoms with Crippen LogP contribution in [0.2, 0.25) is 0 Å². The molecule has 32 heavy (non-hydrogen) atoms. The third-order valence-corrected chi connectivity index (χ3v) is 5.43. The molecule has 0 atom stereocenters. The Bertz CT molecular complexity index is 1420. The number of benzene rings is 2. The Morgan fingerprint density at radius 2 is 1.69 bits per heavy atom. The molecular weight excluding hydrogens is 476 g/mol. The van der Waals surface area contributed by atoms with E-state index >= 15 is 0 Å². The van der Waals surface area contributed by atoms with Crippen LogP contribution in [0, 0.1) is 0 Å². The minimum Gasteiger partial charge on any atom is -0.493 e. The largest absolute Gasteiger partial charge is 0.493 e. The Morgan fingerprint density at radius 1 is 0.906 bits per heavy atom. The number of ether oxygens (including phenoxy) is 3. The number of pyridine rings is 1. The standard InChI is InChI=1S/C22H17BrN6O3/c1-30-19-9-15-16(10-20(19)31-2)24-8-7-18(15)32-12-21-26-27-22-25-11-17(28-29(21)22)13-3-5-14(23)6-4-13/h3-11H,12H2,1-2H3. The van der Waals surface area contributed by atoms with Crippen molar-refractivity contribution in [1.82, 2.24) is 29.8 Å². The number of methoxy groups -OCH3 is 2. The molecule has 0 aliphatic rings. The lowest BCUT2D eigenvalue weighted by atomic mass is 10.2. The summed E-state index contributed by atoms with van der Waals surface area (Å²) in [5.74, 6) is 2.75. The molecule has 10 heteroatoms. The fourth-order valence-electron chi connectivity index (χ4n) is 3.30. The van der Waals surface area contributed by atoms with E-state index < -0.39 is 0 Å². The SMILES string of the molecule is COc1cc2nccc(OCc3nnc4ncc(-c5ccc(Br)cc5)nn34)c2cc1OC. The first-order valence-electron chi connectivity index (χ1n) is 9.63. The van der Waals surface area contributed by atoms with Gasteiger partial charge in [0.1, 0.15) is 18.1 Å². The zero-order valence-corrected chi connectivity index (χ0v) is 18.8. The first-order valence-corrected chi connectivity index (χ1v) is 10.4. The van der Waals surface area contributed by atoms with Crippen LogP contribution < -0.4 is 14.2 Å². The normalized spacial score (nSPS) is 11.1. The highest BCUT2D eigenvalue weighted by Crippen LogP contribution is 2.35. The van der Waals surface area contributed by atoms with Crippen molar-refractivity contribution in [3.63, 3.8) is 0 Å². The summed E-state index contributed by atoms with van der Waals surface area (Å²) in [4.78, 5) is 8.76. The zero-order chi connectivity index (χ0) is 22.1. The molecule has 0 bridgehead atoms. The predicted molar refractivity (Wildman–Crippen MR) is 121 cm³/mol. The van der Waals surface area contributed by atoms with Gasteiger partial charge in [0.25, 0.3) is 5.78 Å². The zero-order valence-electron chi connectivity index (χ0n) is 17.2. The lowest BCUT2D eigenvalue weighted by molar-refractivity contribution is 0.295. The number of halogens is 1. The van der Waals surface area contributed by atoms with Crippen LogP contribution in [0.5, 0.6) is 17.2 Å². The topological polar surface area (TPSA) is 96.6 Å². The molecule has 0 aliphatic carbocycles. The number of hydrogen-bond acceptors (Lipinski definition) is 8. The minimum atomic E-state index is 0.146. The molecule has 0 amide bonds. The van der Waals surface area contributed by atoms with E-state index in [2.05, 4.69) is 41.2 Å². The van der Waals surface area contributed by atoms with Crippen LogP contribution in [0.15, 0.2) is 59.3 Å². The quantitative estimate of drug-likeness (QED) is 0.349. The van der Waals surface area contributed by atoms with E-state index in [9.17, 15) is 0 Å². The van der Waals surface area contributed by atoms with Crippen LogP contribution in [0.1, 0.15) is 5.82 Å². The van der Waals surface area contributed by atoms with Gasteiger partial charge in [-0.3, -0.25) is 4.98 Å². The van der Waals surface area contributed by atoms with E-state index in [1.807, 2.05) is 36.4 Å². The van der Waals surface area contributed by atoms with Gasteiger partial charge in [-0.15, -0.1) is 10.2 Å². The summed E-state index contributed by atoms with van der Waals surface area (Å²) >= 11 is 3.44. The molecule has 0 spiro atoms. The molecular formula is C22H17BrN6O3. The summed E-state index contributed by atoms with van der Waals surface area (Å²) < 4.78 is 19.4. The summed E-state index contributed by atoms with van der Waals surface area (Å²) in [6.07, 6.45) is 3.35. The van der Waals surface area contributed by atoms with Crippen molar-refractivity contribution in [2.45, 2.75) is 6.61 Å².